The summed E-state index contributed by atoms with van der Waals surface area (Å²) in [5.74, 6) is 0.749. The first-order chi connectivity index (χ1) is 10.7. The van der Waals surface area contributed by atoms with Gasteiger partial charge in [0.25, 0.3) is 0 Å². The summed E-state index contributed by atoms with van der Waals surface area (Å²) in [5, 5.41) is 13.7. The van der Waals surface area contributed by atoms with E-state index in [9.17, 15) is 9.90 Å². The number of nitrogens with one attached hydrogen (secondary N) is 1. The lowest BCUT2D eigenvalue weighted by molar-refractivity contribution is 0.0787. The molecule has 2 aliphatic rings. The second-order valence-electron chi connectivity index (χ2n) is 6.30. The molecule has 0 spiro atoms. The van der Waals surface area contributed by atoms with Gasteiger partial charge in [-0.1, -0.05) is 12.1 Å². The number of aliphatic hydroxyl groups excluding tert-OH is 1. The third kappa shape index (κ3) is 3.32. The Bertz CT molecular complexity index is 535. The summed E-state index contributed by atoms with van der Waals surface area (Å²) in [6.45, 7) is 1.72. The van der Waals surface area contributed by atoms with Crippen molar-refractivity contribution < 1.29 is 14.6 Å². The summed E-state index contributed by atoms with van der Waals surface area (Å²) < 4.78 is 5.64. The summed E-state index contributed by atoms with van der Waals surface area (Å²) in [5.41, 5.74) is 1.64. The summed E-state index contributed by atoms with van der Waals surface area (Å²) in [4.78, 5) is 13.2. The van der Waals surface area contributed by atoms with Crippen LogP contribution < -0.4 is 10.1 Å². The van der Waals surface area contributed by atoms with Crippen molar-refractivity contribution in [3.8, 4) is 5.75 Å². The lowest BCUT2D eigenvalue weighted by Crippen LogP contribution is -2.39. The highest BCUT2D eigenvalue weighted by Crippen LogP contribution is 2.33. The van der Waals surface area contributed by atoms with Crippen molar-refractivity contribution in [3.05, 3.63) is 29.3 Å². The van der Waals surface area contributed by atoms with Crippen LogP contribution in [0, 0.1) is 0 Å². The molecule has 0 radical (unpaired) electrons. The number of carbonyl (C=O) groups is 1. The van der Waals surface area contributed by atoms with Crippen LogP contribution in [0.2, 0.25) is 0 Å². The molecule has 120 valence electrons. The van der Waals surface area contributed by atoms with Crippen LogP contribution in [0.5, 0.6) is 5.75 Å². The molecule has 3 atom stereocenters. The van der Waals surface area contributed by atoms with E-state index in [-0.39, 0.29) is 6.04 Å². The molecule has 2 aliphatic heterocycles. The number of benzene rings is 1. The quantitative estimate of drug-likeness (QED) is 0.640. The lowest BCUT2D eigenvalue weighted by Gasteiger charge is -2.30. The normalized spacial score (nSPS) is 26.3. The molecule has 5 nitrogen and oxygen atoms in total. The SMILES string of the molecule is CN1CCCC1CC(O)NC1CCOc2cc(C=O)ccc21. The summed E-state index contributed by atoms with van der Waals surface area (Å²) in [6.07, 6.45) is 4.24. The van der Waals surface area contributed by atoms with Gasteiger partial charge in [-0.05, 0) is 32.5 Å². The largest absolute Gasteiger partial charge is 0.493 e. The number of fused-ring (bicyclic) bond motifs is 1. The summed E-state index contributed by atoms with van der Waals surface area (Å²) in [7, 11) is 2.12. The molecular weight excluding hydrogens is 280 g/mol. The van der Waals surface area contributed by atoms with Crippen molar-refractivity contribution in [2.75, 3.05) is 20.2 Å². The molecule has 1 fully saturated rings. The van der Waals surface area contributed by atoms with Crippen LogP contribution in [0.15, 0.2) is 18.2 Å². The minimum absolute atomic E-state index is 0.0751. The zero-order chi connectivity index (χ0) is 15.5. The van der Waals surface area contributed by atoms with Crippen LogP contribution in [0.3, 0.4) is 0 Å². The van der Waals surface area contributed by atoms with Gasteiger partial charge in [-0.2, -0.15) is 0 Å². The van der Waals surface area contributed by atoms with Crippen molar-refractivity contribution in [3.63, 3.8) is 0 Å². The molecule has 0 aliphatic carbocycles. The molecule has 2 N–H and O–H groups in total. The van der Waals surface area contributed by atoms with Gasteiger partial charge in [0.05, 0.1) is 6.61 Å². The fourth-order valence-electron chi connectivity index (χ4n) is 3.49. The molecule has 1 saturated heterocycles. The molecule has 0 aromatic heterocycles. The molecule has 3 rings (SSSR count). The Kier molecular flexibility index (Phi) is 4.76. The molecule has 2 heterocycles. The van der Waals surface area contributed by atoms with Gasteiger partial charge in [0.2, 0.25) is 0 Å². The second-order valence-corrected chi connectivity index (χ2v) is 6.30. The Morgan fingerprint density at radius 1 is 1.50 bits per heavy atom. The first-order valence-corrected chi connectivity index (χ1v) is 8.03. The molecule has 5 heteroatoms. The minimum Gasteiger partial charge on any atom is -0.493 e. The number of aldehydes is 1. The van der Waals surface area contributed by atoms with E-state index in [0.29, 0.717) is 18.2 Å². The maximum absolute atomic E-state index is 10.9. The standard InChI is InChI=1S/C17H24N2O3/c1-19-7-2-3-13(19)10-17(21)18-15-6-8-22-16-9-12(11-20)4-5-14(15)16/h4-5,9,11,13,15,17-18,21H,2-3,6-8,10H2,1H3. The molecule has 22 heavy (non-hydrogen) atoms. The number of aliphatic hydroxyl groups is 1. The van der Waals surface area contributed by atoms with Gasteiger partial charge in [-0.3, -0.25) is 10.1 Å². The highest BCUT2D eigenvalue weighted by atomic mass is 16.5. The first kappa shape index (κ1) is 15.5. The average Bonchev–Trinajstić information content (AvgIpc) is 2.92. The van der Waals surface area contributed by atoms with Crippen LogP contribution in [0.4, 0.5) is 0 Å². The number of ether oxygens (including phenoxy) is 1. The van der Waals surface area contributed by atoms with Crippen LogP contribution in [-0.4, -0.2) is 48.8 Å². The Balaban J connectivity index is 1.65. The van der Waals surface area contributed by atoms with Gasteiger partial charge in [-0.15, -0.1) is 0 Å². The monoisotopic (exact) mass is 304 g/mol. The number of carbonyl (C=O) groups excluding carboxylic acids is 1. The predicted octanol–water partition coefficient (Wildman–Crippen LogP) is 1.71. The van der Waals surface area contributed by atoms with E-state index in [1.165, 1.54) is 6.42 Å². The van der Waals surface area contributed by atoms with Crippen LogP contribution in [0.25, 0.3) is 0 Å². The average molecular weight is 304 g/mol. The van der Waals surface area contributed by atoms with Crippen molar-refractivity contribution >= 4 is 6.29 Å². The van der Waals surface area contributed by atoms with E-state index < -0.39 is 6.23 Å². The maximum Gasteiger partial charge on any atom is 0.150 e. The first-order valence-electron chi connectivity index (χ1n) is 8.03. The molecule has 3 unspecified atom stereocenters. The van der Waals surface area contributed by atoms with Crippen LogP contribution in [0.1, 0.15) is 47.6 Å². The van der Waals surface area contributed by atoms with Gasteiger partial charge in [-0.25, -0.2) is 0 Å². The Morgan fingerprint density at radius 2 is 2.36 bits per heavy atom. The topological polar surface area (TPSA) is 61.8 Å². The lowest BCUT2D eigenvalue weighted by atomic mass is 9.98. The van der Waals surface area contributed by atoms with Gasteiger partial charge in [0, 0.05) is 36.1 Å². The van der Waals surface area contributed by atoms with Crippen LogP contribution in [-0.2, 0) is 0 Å². The van der Waals surface area contributed by atoms with E-state index in [2.05, 4.69) is 17.3 Å². The van der Waals surface area contributed by atoms with Crippen molar-refractivity contribution in [2.24, 2.45) is 0 Å². The maximum atomic E-state index is 10.9. The van der Waals surface area contributed by atoms with Crippen molar-refractivity contribution in [1.82, 2.24) is 10.2 Å². The molecular formula is C17H24N2O3. The molecule has 0 amide bonds. The van der Waals surface area contributed by atoms with Gasteiger partial charge in [0.1, 0.15) is 18.3 Å². The summed E-state index contributed by atoms with van der Waals surface area (Å²) >= 11 is 0. The number of hydrogen-bond donors (Lipinski definition) is 2. The smallest absolute Gasteiger partial charge is 0.150 e. The molecule has 1 aromatic carbocycles. The second kappa shape index (κ2) is 6.77. The van der Waals surface area contributed by atoms with Crippen molar-refractivity contribution in [1.29, 1.82) is 0 Å². The highest BCUT2D eigenvalue weighted by molar-refractivity contribution is 5.76. The molecule has 1 aromatic rings. The van der Waals surface area contributed by atoms with E-state index in [0.717, 1.165) is 43.4 Å². The third-order valence-corrected chi connectivity index (χ3v) is 4.77. The Hall–Kier alpha value is -1.43. The molecule has 0 saturated carbocycles. The van der Waals surface area contributed by atoms with E-state index in [4.69, 9.17) is 4.74 Å². The fourth-order valence-corrected chi connectivity index (χ4v) is 3.49. The third-order valence-electron chi connectivity index (χ3n) is 4.77. The van der Waals surface area contributed by atoms with Gasteiger partial charge in [0.15, 0.2) is 0 Å². The highest BCUT2D eigenvalue weighted by Gasteiger charge is 2.27. The molecule has 0 bridgehead atoms. The Labute approximate surface area is 131 Å². The number of likely N-dealkylation sites (tertiary alicyclic amines) is 1. The number of rotatable bonds is 5. The van der Waals surface area contributed by atoms with Crippen LogP contribution >= 0.6 is 0 Å². The summed E-state index contributed by atoms with van der Waals surface area (Å²) in [6, 6.07) is 6.02. The van der Waals surface area contributed by atoms with Crippen molar-refractivity contribution in [2.45, 2.75) is 44.0 Å². The van der Waals surface area contributed by atoms with E-state index in [1.807, 2.05) is 6.07 Å². The fraction of sp³-hybridized carbons (Fsp3) is 0.588. The zero-order valence-corrected chi connectivity index (χ0v) is 13.0. The van der Waals surface area contributed by atoms with E-state index in [1.54, 1.807) is 12.1 Å². The predicted molar refractivity (Wildman–Crippen MR) is 84.1 cm³/mol. The van der Waals surface area contributed by atoms with E-state index >= 15 is 0 Å². The number of nitrogens with zero attached hydrogens (tertiary/aromatic N) is 1. The Morgan fingerprint density at radius 3 is 3.09 bits per heavy atom. The van der Waals surface area contributed by atoms with Gasteiger partial charge < -0.3 is 14.7 Å². The number of hydrogen-bond acceptors (Lipinski definition) is 5. The van der Waals surface area contributed by atoms with Gasteiger partial charge >= 0.3 is 0 Å². The zero-order valence-electron chi connectivity index (χ0n) is 13.0. The minimum atomic E-state index is -0.521.